The van der Waals surface area contributed by atoms with Crippen LogP contribution in [0.4, 0.5) is 14.5 Å². The van der Waals surface area contributed by atoms with Gasteiger partial charge in [-0.25, -0.2) is 22.2 Å². The quantitative estimate of drug-likeness (QED) is 0.602. The molecule has 10 heteroatoms. The summed E-state index contributed by atoms with van der Waals surface area (Å²) in [6.45, 7) is 3.43. The summed E-state index contributed by atoms with van der Waals surface area (Å²) < 4.78 is 54.0. The van der Waals surface area contributed by atoms with Crippen LogP contribution in [0.5, 0.6) is 0 Å². The fourth-order valence-corrected chi connectivity index (χ4v) is 4.36. The summed E-state index contributed by atoms with van der Waals surface area (Å²) in [4.78, 5) is 16.8. The molecule has 0 saturated carbocycles. The second kappa shape index (κ2) is 8.84. The predicted molar refractivity (Wildman–Crippen MR) is 113 cm³/mol. The normalized spacial score (nSPS) is 12.4. The molecule has 0 aliphatic heterocycles. The lowest BCUT2D eigenvalue weighted by Gasteiger charge is -2.28. The van der Waals surface area contributed by atoms with E-state index in [1.807, 2.05) is 42.0 Å². The summed E-state index contributed by atoms with van der Waals surface area (Å²) in [7, 11) is -3.93. The Morgan fingerprint density at radius 3 is 2.39 bits per heavy atom. The van der Waals surface area contributed by atoms with Crippen molar-refractivity contribution in [3.05, 3.63) is 77.9 Å². The third kappa shape index (κ3) is 5.08. The van der Waals surface area contributed by atoms with Gasteiger partial charge in [-0.05, 0) is 43.7 Å². The first-order chi connectivity index (χ1) is 14.6. The van der Waals surface area contributed by atoms with Crippen LogP contribution in [-0.4, -0.2) is 36.2 Å². The minimum absolute atomic E-state index is 0.135. The summed E-state index contributed by atoms with van der Waals surface area (Å²) in [5, 5.41) is 2.68. The molecule has 0 bridgehead atoms. The van der Waals surface area contributed by atoms with Crippen molar-refractivity contribution >= 4 is 21.6 Å². The van der Waals surface area contributed by atoms with Gasteiger partial charge in [0, 0.05) is 30.7 Å². The molecule has 2 aromatic carbocycles. The first kappa shape index (κ1) is 22.4. The first-order valence-corrected chi connectivity index (χ1v) is 11.2. The predicted octanol–water partition coefficient (Wildman–Crippen LogP) is 2.93. The number of hydrogen-bond acceptors (Lipinski definition) is 4. The number of benzene rings is 2. The van der Waals surface area contributed by atoms with Crippen molar-refractivity contribution in [2.24, 2.45) is 0 Å². The Labute approximate surface area is 179 Å². The number of rotatable bonds is 7. The van der Waals surface area contributed by atoms with E-state index < -0.39 is 33.6 Å². The lowest BCUT2D eigenvalue weighted by Crippen LogP contribution is -2.47. The molecule has 1 heterocycles. The van der Waals surface area contributed by atoms with Gasteiger partial charge in [-0.1, -0.05) is 12.1 Å². The standard InChI is InChI=1S/C21H22F2N4O3S/c1-14(27(31(3,29)30)18-8-9-19(22)20(23)12-18)21(28)25-13-16-4-6-17(7-5-16)26-11-10-24-15(26)2/h4-12,14H,13H2,1-3H3,(H,25,28)/t14-/m0/s1. The van der Waals surface area contributed by atoms with Crippen molar-refractivity contribution < 1.29 is 22.0 Å². The van der Waals surface area contributed by atoms with Crippen molar-refractivity contribution in [3.63, 3.8) is 0 Å². The highest BCUT2D eigenvalue weighted by Gasteiger charge is 2.29. The Hall–Kier alpha value is -3.27. The Morgan fingerprint density at radius 2 is 1.84 bits per heavy atom. The van der Waals surface area contributed by atoms with Crippen LogP contribution in [0.15, 0.2) is 54.9 Å². The summed E-state index contributed by atoms with van der Waals surface area (Å²) in [5.74, 6) is -2.05. The molecule has 1 N–H and O–H groups in total. The molecule has 164 valence electrons. The molecule has 0 aliphatic carbocycles. The van der Waals surface area contributed by atoms with E-state index in [4.69, 9.17) is 0 Å². The second-order valence-corrected chi connectivity index (χ2v) is 8.92. The number of nitrogens with one attached hydrogen (secondary N) is 1. The van der Waals surface area contributed by atoms with Crippen molar-refractivity contribution in [1.29, 1.82) is 0 Å². The van der Waals surface area contributed by atoms with E-state index in [1.54, 1.807) is 6.20 Å². The molecular weight excluding hydrogens is 426 g/mol. The number of sulfonamides is 1. The van der Waals surface area contributed by atoms with Crippen molar-refractivity contribution in [3.8, 4) is 5.69 Å². The first-order valence-electron chi connectivity index (χ1n) is 9.39. The molecule has 7 nitrogen and oxygen atoms in total. The molecule has 0 unspecified atom stereocenters. The largest absolute Gasteiger partial charge is 0.350 e. The highest BCUT2D eigenvalue weighted by atomic mass is 32.2. The van der Waals surface area contributed by atoms with Gasteiger partial charge >= 0.3 is 0 Å². The van der Waals surface area contributed by atoms with Gasteiger partial charge in [0.05, 0.1) is 11.9 Å². The third-order valence-corrected chi connectivity index (χ3v) is 5.99. The van der Waals surface area contributed by atoms with Crippen LogP contribution in [-0.2, 0) is 21.4 Å². The van der Waals surface area contributed by atoms with Gasteiger partial charge in [0.15, 0.2) is 11.6 Å². The topological polar surface area (TPSA) is 84.3 Å². The fraction of sp³-hybridized carbons (Fsp3) is 0.238. The van der Waals surface area contributed by atoms with E-state index in [1.165, 1.54) is 6.92 Å². The van der Waals surface area contributed by atoms with Gasteiger partial charge in [-0.3, -0.25) is 9.10 Å². The van der Waals surface area contributed by atoms with E-state index in [-0.39, 0.29) is 12.2 Å². The average molecular weight is 448 g/mol. The number of aromatic nitrogens is 2. The van der Waals surface area contributed by atoms with Crippen LogP contribution < -0.4 is 9.62 Å². The molecule has 0 spiro atoms. The molecule has 31 heavy (non-hydrogen) atoms. The number of halogens is 2. The molecule has 0 saturated heterocycles. The van der Waals surface area contributed by atoms with Gasteiger partial charge < -0.3 is 9.88 Å². The molecular formula is C21H22F2N4O3S. The van der Waals surface area contributed by atoms with Gasteiger partial charge in [0.1, 0.15) is 11.9 Å². The third-order valence-electron chi connectivity index (χ3n) is 4.75. The van der Waals surface area contributed by atoms with Crippen molar-refractivity contribution in [2.45, 2.75) is 26.4 Å². The highest BCUT2D eigenvalue weighted by molar-refractivity contribution is 7.92. The molecule has 1 amide bonds. The number of hydrogen-bond donors (Lipinski definition) is 1. The summed E-state index contributed by atoms with van der Waals surface area (Å²) in [6.07, 6.45) is 4.44. The van der Waals surface area contributed by atoms with Crippen LogP contribution in [0, 0.1) is 18.6 Å². The van der Waals surface area contributed by atoms with Crippen LogP contribution in [0.25, 0.3) is 5.69 Å². The van der Waals surface area contributed by atoms with E-state index in [2.05, 4.69) is 10.3 Å². The zero-order chi connectivity index (χ0) is 22.8. The smallest absolute Gasteiger partial charge is 0.243 e. The maximum atomic E-state index is 13.6. The molecule has 0 fully saturated rings. The number of aryl methyl sites for hydroxylation is 1. The maximum Gasteiger partial charge on any atom is 0.243 e. The zero-order valence-electron chi connectivity index (χ0n) is 17.2. The Bertz CT molecular complexity index is 1190. The van der Waals surface area contributed by atoms with Gasteiger partial charge in [-0.15, -0.1) is 0 Å². The number of anilines is 1. The molecule has 3 aromatic rings. The fourth-order valence-electron chi connectivity index (χ4n) is 3.19. The summed E-state index contributed by atoms with van der Waals surface area (Å²) in [5.41, 5.74) is 1.59. The van der Waals surface area contributed by atoms with Crippen LogP contribution in [0.1, 0.15) is 18.3 Å². The molecule has 1 aromatic heterocycles. The van der Waals surface area contributed by atoms with E-state index >= 15 is 0 Å². The van der Waals surface area contributed by atoms with Crippen molar-refractivity contribution in [2.75, 3.05) is 10.6 Å². The molecule has 1 atom stereocenters. The Balaban J connectivity index is 1.72. The maximum absolute atomic E-state index is 13.6. The van der Waals surface area contributed by atoms with Gasteiger partial charge in [-0.2, -0.15) is 0 Å². The number of imidazole rings is 1. The van der Waals surface area contributed by atoms with Gasteiger partial charge in [0.25, 0.3) is 0 Å². The van der Waals surface area contributed by atoms with Crippen LogP contribution in [0.3, 0.4) is 0 Å². The number of amides is 1. The monoisotopic (exact) mass is 448 g/mol. The van der Waals surface area contributed by atoms with Crippen LogP contribution >= 0.6 is 0 Å². The minimum atomic E-state index is -3.93. The average Bonchev–Trinajstić information content (AvgIpc) is 3.14. The lowest BCUT2D eigenvalue weighted by atomic mass is 10.2. The van der Waals surface area contributed by atoms with Crippen molar-refractivity contribution in [1.82, 2.24) is 14.9 Å². The zero-order valence-corrected chi connectivity index (χ0v) is 18.0. The summed E-state index contributed by atoms with van der Waals surface area (Å²) >= 11 is 0. The number of carbonyl (C=O) groups is 1. The molecule has 0 aliphatic rings. The SMILES string of the molecule is Cc1nccn1-c1ccc(CNC(=O)[C@H](C)N(c2ccc(F)c(F)c2)S(C)(=O)=O)cc1. The Kier molecular flexibility index (Phi) is 6.40. The minimum Gasteiger partial charge on any atom is -0.350 e. The second-order valence-electron chi connectivity index (χ2n) is 7.06. The molecule has 3 rings (SSSR count). The van der Waals surface area contributed by atoms with Gasteiger partial charge in [0.2, 0.25) is 15.9 Å². The summed E-state index contributed by atoms with van der Waals surface area (Å²) in [6, 6.07) is 8.93. The highest BCUT2D eigenvalue weighted by Crippen LogP contribution is 2.23. The van der Waals surface area contributed by atoms with E-state index in [0.29, 0.717) is 0 Å². The van der Waals surface area contributed by atoms with E-state index in [9.17, 15) is 22.0 Å². The lowest BCUT2D eigenvalue weighted by molar-refractivity contribution is -0.122. The molecule has 0 radical (unpaired) electrons. The number of nitrogens with zero attached hydrogens (tertiary/aromatic N) is 3. The van der Waals surface area contributed by atoms with E-state index in [0.717, 1.165) is 45.8 Å². The Morgan fingerprint density at radius 1 is 1.16 bits per heavy atom. The number of carbonyl (C=O) groups excluding carboxylic acids is 1. The van der Waals surface area contributed by atoms with Crippen LogP contribution in [0.2, 0.25) is 0 Å².